The van der Waals surface area contributed by atoms with Crippen molar-refractivity contribution in [1.29, 1.82) is 0 Å². The molecule has 4 aromatic rings. The quantitative estimate of drug-likeness (QED) is 0.317. The highest BCUT2D eigenvalue weighted by Gasteiger charge is 2.21. The van der Waals surface area contributed by atoms with Gasteiger partial charge in [-0.05, 0) is 85.4 Å². The Morgan fingerprint density at radius 1 is 0.857 bits per heavy atom. The van der Waals surface area contributed by atoms with Crippen LogP contribution in [0.25, 0.3) is 21.9 Å². The number of nitrogens with one attached hydrogen (secondary N) is 1. The SMILES string of the molecule is O=C(CN1CCCCC1)Nc1cc2cc(O)ccc2c(Oc2ccccc2)c1-c1cccc(O)c1. The Hall–Kier alpha value is -4.03. The van der Waals surface area contributed by atoms with Crippen molar-refractivity contribution in [3.8, 4) is 34.1 Å². The van der Waals surface area contributed by atoms with E-state index < -0.39 is 0 Å². The second-order valence-electron chi connectivity index (χ2n) is 8.88. The van der Waals surface area contributed by atoms with E-state index in [2.05, 4.69) is 10.2 Å². The molecule has 0 spiro atoms. The number of aromatic hydroxyl groups is 2. The van der Waals surface area contributed by atoms with Crippen LogP contribution in [0.2, 0.25) is 0 Å². The molecule has 0 saturated carbocycles. The van der Waals surface area contributed by atoms with E-state index in [0.717, 1.165) is 36.7 Å². The molecule has 0 unspecified atom stereocenters. The van der Waals surface area contributed by atoms with E-state index in [4.69, 9.17) is 4.74 Å². The summed E-state index contributed by atoms with van der Waals surface area (Å²) in [6, 6.07) is 23.2. The van der Waals surface area contributed by atoms with Crippen molar-refractivity contribution in [3.63, 3.8) is 0 Å². The lowest BCUT2D eigenvalue weighted by atomic mass is 9.96. The van der Waals surface area contributed by atoms with E-state index in [9.17, 15) is 15.0 Å². The average molecular weight is 469 g/mol. The van der Waals surface area contributed by atoms with E-state index in [0.29, 0.717) is 34.9 Å². The van der Waals surface area contributed by atoms with E-state index >= 15 is 0 Å². The van der Waals surface area contributed by atoms with Crippen LogP contribution in [0.5, 0.6) is 23.0 Å². The van der Waals surface area contributed by atoms with E-state index in [-0.39, 0.29) is 17.4 Å². The van der Waals surface area contributed by atoms with Crippen molar-refractivity contribution in [2.45, 2.75) is 19.3 Å². The van der Waals surface area contributed by atoms with Crippen molar-refractivity contribution < 1.29 is 19.7 Å². The maximum atomic E-state index is 13.1. The van der Waals surface area contributed by atoms with Crippen LogP contribution in [0, 0.1) is 0 Å². The number of phenols is 2. The highest BCUT2D eigenvalue weighted by Crippen LogP contribution is 2.46. The van der Waals surface area contributed by atoms with Crippen LogP contribution in [0.15, 0.2) is 78.9 Å². The molecule has 6 nitrogen and oxygen atoms in total. The number of likely N-dealkylation sites (tertiary alicyclic amines) is 1. The summed E-state index contributed by atoms with van der Waals surface area (Å²) in [6.45, 7) is 2.15. The second-order valence-corrected chi connectivity index (χ2v) is 8.88. The van der Waals surface area contributed by atoms with Gasteiger partial charge in [0.05, 0.1) is 12.2 Å². The molecule has 6 heteroatoms. The van der Waals surface area contributed by atoms with Gasteiger partial charge in [-0.3, -0.25) is 9.69 Å². The molecule has 5 rings (SSSR count). The highest BCUT2D eigenvalue weighted by molar-refractivity contribution is 6.06. The third kappa shape index (κ3) is 5.23. The van der Waals surface area contributed by atoms with E-state index in [1.54, 1.807) is 36.4 Å². The zero-order chi connectivity index (χ0) is 24.2. The Bertz CT molecular complexity index is 1350. The van der Waals surface area contributed by atoms with Crippen LogP contribution in [0.1, 0.15) is 19.3 Å². The molecule has 0 radical (unpaired) electrons. The first-order chi connectivity index (χ1) is 17.1. The van der Waals surface area contributed by atoms with Gasteiger partial charge >= 0.3 is 0 Å². The molecule has 1 saturated heterocycles. The number of para-hydroxylation sites is 1. The molecule has 1 amide bonds. The molecular formula is C29H28N2O4. The summed E-state index contributed by atoms with van der Waals surface area (Å²) < 4.78 is 6.40. The molecule has 35 heavy (non-hydrogen) atoms. The number of benzene rings is 4. The smallest absolute Gasteiger partial charge is 0.238 e. The van der Waals surface area contributed by atoms with Gasteiger partial charge in [0.2, 0.25) is 5.91 Å². The number of carbonyl (C=O) groups is 1. The fourth-order valence-electron chi connectivity index (χ4n) is 4.63. The lowest BCUT2D eigenvalue weighted by Crippen LogP contribution is -2.36. The summed E-state index contributed by atoms with van der Waals surface area (Å²) in [5.74, 6) is 1.30. The van der Waals surface area contributed by atoms with Crippen molar-refractivity contribution in [2.75, 3.05) is 25.0 Å². The molecule has 178 valence electrons. The zero-order valence-electron chi connectivity index (χ0n) is 19.4. The minimum Gasteiger partial charge on any atom is -0.508 e. The normalized spacial score (nSPS) is 14.1. The fraction of sp³-hybridized carbons (Fsp3) is 0.207. The van der Waals surface area contributed by atoms with Crippen LogP contribution in [0.3, 0.4) is 0 Å². The number of hydrogen-bond acceptors (Lipinski definition) is 5. The number of piperidine rings is 1. The number of ether oxygens (including phenoxy) is 1. The third-order valence-corrected chi connectivity index (χ3v) is 6.26. The van der Waals surface area contributed by atoms with Crippen molar-refractivity contribution in [2.24, 2.45) is 0 Å². The van der Waals surface area contributed by atoms with Crippen molar-refractivity contribution in [1.82, 2.24) is 4.90 Å². The Kier molecular flexibility index (Phi) is 6.55. The minimum atomic E-state index is -0.113. The third-order valence-electron chi connectivity index (χ3n) is 6.26. The van der Waals surface area contributed by atoms with Gasteiger partial charge in [-0.2, -0.15) is 0 Å². The lowest BCUT2D eigenvalue weighted by Gasteiger charge is -2.26. The number of rotatable bonds is 6. The number of hydrogen-bond donors (Lipinski definition) is 3. The number of anilines is 1. The lowest BCUT2D eigenvalue weighted by molar-refractivity contribution is -0.117. The molecule has 0 atom stereocenters. The predicted octanol–water partition coefficient (Wildman–Crippen LogP) is 6.13. The van der Waals surface area contributed by atoms with Crippen molar-refractivity contribution in [3.05, 3.63) is 78.9 Å². The molecule has 1 aliphatic rings. The van der Waals surface area contributed by atoms with E-state index in [1.807, 2.05) is 42.5 Å². The van der Waals surface area contributed by atoms with Gasteiger partial charge in [-0.1, -0.05) is 36.8 Å². The number of carbonyl (C=O) groups excluding carboxylic acids is 1. The topological polar surface area (TPSA) is 82.0 Å². The number of nitrogens with zero attached hydrogens (tertiary/aromatic N) is 1. The van der Waals surface area contributed by atoms with Crippen molar-refractivity contribution >= 4 is 22.4 Å². The maximum Gasteiger partial charge on any atom is 0.238 e. The summed E-state index contributed by atoms with van der Waals surface area (Å²) in [5, 5.41) is 25.0. The highest BCUT2D eigenvalue weighted by atomic mass is 16.5. The molecular weight excluding hydrogens is 440 g/mol. The van der Waals surface area contributed by atoms with Gasteiger partial charge < -0.3 is 20.3 Å². The zero-order valence-corrected chi connectivity index (χ0v) is 19.4. The van der Waals surface area contributed by atoms with Gasteiger partial charge in [0.1, 0.15) is 23.0 Å². The molecule has 3 N–H and O–H groups in total. The first-order valence-corrected chi connectivity index (χ1v) is 11.9. The molecule has 0 aliphatic carbocycles. The fourth-order valence-corrected chi connectivity index (χ4v) is 4.63. The monoisotopic (exact) mass is 468 g/mol. The summed E-state index contributed by atoms with van der Waals surface area (Å²) in [7, 11) is 0. The first kappa shape index (κ1) is 22.7. The Balaban J connectivity index is 1.65. The minimum absolute atomic E-state index is 0.113. The summed E-state index contributed by atoms with van der Waals surface area (Å²) in [6.07, 6.45) is 3.41. The second kappa shape index (κ2) is 10.1. The molecule has 1 aliphatic heterocycles. The van der Waals surface area contributed by atoms with Crippen LogP contribution >= 0.6 is 0 Å². The van der Waals surface area contributed by atoms with Crippen LogP contribution < -0.4 is 10.1 Å². The standard InChI is InChI=1S/C29H28N2O4/c32-22-9-7-8-20(16-22)28-26(30-27(34)19-31-14-5-2-6-15-31)18-21-17-23(33)12-13-25(21)29(28)35-24-10-3-1-4-11-24/h1,3-4,7-13,16-18,32-33H,2,5-6,14-15,19H2,(H,30,34). The number of phenolic OH excluding ortho intramolecular Hbond substituents is 2. The van der Waals surface area contributed by atoms with Gasteiger partial charge in [0.15, 0.2) is 0 Å². The number of amides is 1. The summed E-state index contributed by atoms with van der Waals surface area (Å²) in [4.78, 5) is 15.3. The van der Waals surface area contributed by atoms with Crippen LogP contribution in [0.4, 0.5) is 5.69 Å². The number of fused-ring (bicyclic) bond motifs is 1. The predicted molar refractivity (Wildman–Crippen MR) is 138 cm³/mol. The Morgan fingerprint density at radius 2 is 1.63 bits per heavy atom. The van der Waals surface area contributed by atoms with Crippen LogP contribution in [-0.2, 0) is 4.79 Å². The molecule has 4 aromatic carbocycles. The maximum absolute atomic E-state index is 13.1. The Labute approximate surface area is 204 Å². The summed E-state index contributed by atoms with van der Waals surface area (Å²) >= 11 is 0. The molecule has 0 aromatic heterocycles. The van der Waals surface area contributed by atoms with E-state index in [1.165, 1.54) is 6.42 Å². The Morgan fingerprint density at radius 3 is 2.40 bits per heavy atom. The molecule has 1 heterocycles. The largest absolute Gasteiger partial charge is 0.508 e. The summed E-state index contributed by atoms with van der Waals surface area (Å²) in [5.41, 5.74) is 1.93. The van der Waals surface area contributed by atoms with Gasteiger partial charge in [-0.15, -0.1) is 0 Å². The average Bonchev–Trinajstić information content (AvgIpc) is 2.85. The van der Waals surface area contributed by atoms with Gasteiger partial charge in [-0.25, -0.2) is 0 Å². The first-order valence-electron chi connectivity index (χ1n) is 11.9. The molecule has 1 fully saturated rings. The van der Waals surface area contributed by atoms with Crippen LogP contribution in [-0.4, -0.2) is 40.7 Å². The van der Waals surface area contributed by atoms with Gasteiger partial charge in [0, 0.05) is 10.9 Å². The molecule has 0 bridgehead atoms. The van der Waals surface area contributed by atoms with Gasteiger partial charge in [0.25, 0.3) is 0 Å².